The lowest BCUT2D eigenvalue weighted by atomic mass is 10.2. The number of carbonyl (C=O) groups is 3. The normalized spacial score (nSPS) is 9.92. The predicted octanol–water partition coefficient (Wildman–Crippen LogP) is 0.845. The summed E-state index contributed by atoms with van der Waals surface area (Å²) in [6, 6.07) is 4.56. The highest BCUT2D eigenvalue weighted by atomic mass is 16.5. The minimum Gasteiger partial charge on any atom is -0.493 e. The van der Waals surface area contributed by atoms with Gasteiger partial charge in [0.15, 0.2) is 18.1 Å². The maximum absolute atomic E-state index is 12.1. The Morgan fingerprint density at radius 3 is 2.32 bits per heavy atom. The minimum absolute atomic E-state index is 0.0723. The van der Waals surface area contributed by atoms with Crippen molar-refractivity contribution in [2.75, 3.05) is 40.5 Å². The van der Waals surface area contributed by atoms with Crippen LogP contribution >= 0.6 is 0 Å². The van der Waals surface area contributed by atoms with E-state index < -0.39 is 18.5 Å². The van der Waals surface area contributed by atoms with E-state index in [4.69, 9.17) is 14.2 Å². The molecule has 0 heterocycles. The zero-order valence-corrected chi connectivity index (χ0v) is 15.0. The van der Waals surface area contributed by atoms with Crippen molar-refractivity contribution in [3.05, 3.63) is 23.8 Å². The van der Waals surface area contributed by atoms with Crippen molar-refractivity contribution in [1.29, 1.82) is 0 Å². The fourth-order valence-electron chi connectivity index (χ4n) is 2.07. The second-order valence-electron chi connectivity index (χ2n) is 5.01. The number of nitrogens with zero attached hydrogens (tertiary/aromatic N) is 1. The summed E-state index contributed by atoms with van der Waals surface area (Å²) in [7, 11) is 2.94. The minimum atomic E-state index is -0.664. The summed E-state index contributed by atoms with van der Waals surface area (Å²) in [5, 5.41) is 2.61. The molecule has 138 valence electrons. The molecule has 0 radical (unpaired) electrons. The van der Waals surface area contributed by atoms with Gasteiger partial charge >= 0.3 is 5.97 Å². The summed E-state index contributed by atoms with van der Waals surface area (Å²) in [5.41, 5.74) is 0.234. The van der Waals surface area contributed by atoms with Crippen molar-refractivity contribution in [2.24, 2.45) is 0 Å². The number of likely N-dealkylation sites (N-methyl/N-ethyl adjacent to an activating group) is 2. The number of carbonyl (C=O) groups excluding carboxylic acids is 3. The molecule has 0 aliphatic rings. The number of amides is 2. The van der Waals surface area contributed by atoms with Crippen LogP contribution in [0, 0.1) is 0 Å². The highest BCUT2D eigenvalue weighted by Gasteiger charge is 2.18. The van der Waals surface area contributed by atoms with Gasteiger partial charge in [0.1, 0.15) is 0 Å². The molecule has 1 N–H and O–H groups in total. The van der Waals surface area contributed by atoms with E-state index in [0.717, 1.165) is 0 Å². The fraction of sp³-hybridized carbons (Fsp3) is 0.471. The maximum Gasteiger partial charge on any atom is 0.338 e. The molecule has 0 spiro atoms. The number of benzene rings is 1. The average molecular weight is 352 g/mol. The lowest BCUT2D eigenvalue weighted by Gasteiger charge is -2.20. The van der Waals surface area contributed by atoms with Crippen LogP contribution in [0.15, 0.2) is 18.2 Å². The highest BCUT2D eigenvalue weighted by Crippen LogP contribution is 2.27. The predicted molar refractivity (Wildman–Crippen MR) is 90.8 cm³/mol. The summed E-state index contributed by atoms with van der Waals surface area (Å²) in [4.78, 5) is 37.1. The Kier molecular flexibility index (Phi) is 8.25. The third kappa shape index (κ3) is 5.98. The van der Waals surface area contributed by atoms with Crippen LogP contribution in [0.2, 0.25) is 0 Å². The Morgan fingerprint density at radius 2 is 1.76 bits per heavy atom. The van der Waals surface area contributed by atoms with Crippen molar-refractivity contribution in [3.63, 3.8) is 0 Å². The zero-order valence-electron chi connectivity index (χ0n) is 15.0. The molecule has 0 saturated carbocycles. The van der Waals surface area contributed by atoms with E-state index in [1.54, 1.807) is 19.9 Å². The second kappa shape index (κ2) is 10.2. The van der Waals surface area contributed by atoms with Gasteiger partial charge in [-0.1, -0.05) is 0 Å². The lowest BCUT2D eigenvalue weighted by Crippen LogP contribution is -2.42. The standard InChI is InChI=1S/C17H24N2O6/c1-5-18-15(20)10-19(6-2)16(21)11-25-17(22)12-7-8-13(23-3)14(9-12)24-4/h7-9H,5-6,10-11H2,1-4H3,(H,18,20). The Bertz CT molecular complexity index is 617. The molecule has 2 amide bonds. The van der Waals surface area contributed by atoms with Gasteiger partial charge in [-0.15, -0.1) is 0 Å². The molecule has 0 fully saturated rings. The number of hydrogen-bond acceptors (Lipinski definition) is 6. The number of ether oxygens (including phenoxy) is 3. The molecule has 0 aromatic heterocycles. The van der Waals surface area contributed by atoms with Crippen molar-refractivity contribution in [3.8, 4) is 11.5 Å². The fourth-order valence-corrected chi connectivity index (χ4v) is 2.07. The summed E-state index contributed by atoms with van der Waals surface area (Å²) in [6.45, 7) is 3.84. The third-order valence-corrected chi connectivity index (χ3v) is 3.39. The highest BCUT2D eigenvalue weighted by molar-refractivity contribution is 5.92. The van der Waals surface area contributed by atoms with E-state index in [9.17, 15) is 14.4 Å². The van der Waals surface area contributed by atoms with Gasteiger partial charge in [-0.2, -0.15) is 0 Å². The van der Waals surface area contributed by atoms with Crippen molar-refractivity contribution in [2.45, 2.75) is 13.8 Å². The summed E-state index contributed by atoms with van der Waals surface area (Å²) >= 11 is 0. The number of esters is 1. The molecule has 0 unspecified atom stereocenters. The van der Waals surface area contributed by atoms with Gasteiger partial charge in [-0.25, -0.2) is 4.79 Å². The largest absolute Gasteiger partial charge is 0.493 e. The van der Waals surface area contributed by atoms with Gasteiger partial charge < -0.3 is 24.4 Å². The van der Waals surface area contributed by atoms with E-state index >= 15 is 0 Å². The molecule has 0 aliphatic carbocycles. The van der Waals surface area contributed by atoms with Crippen LogP contribution in [0.5, 0.6) is 11.5 Å². The van der Waals surface area contributed by atoms with E-state index in [2.05, 4.69) is 5.32 Å². The molecule has 0 bridgehead atoms. The molecule has 1 aromatic carbocycles. The molecular weight excluding hydrogens is 328 g/mol. The Hall–Kier alpha value is -2.77. The first-order valence-corrected chi connectivity index (χ1v) is 7.90. The van der Waals surface area contributed by atoms with Crippen molar-refractivity contribution >= 4 is 17.8 Å². The number of rotatable bonds is 9. The van der Waals surface area contributed by atoms with E-state index in [0.29, 0.717) is 24.6 Å². The van der Waals surface area contributed by atoms with E-state index in [1.807, 2.05) is 0 Å². The monoisotopic (exact) mass is 352 g/mol. The number of hydrogen-bond donors (Lipinski definition) is 1. The Balaban J connectivity index is 2.65. The molecule has 1 rings (SSSR count). The number of nitrogens with one attached hydrogen (secondary N) is 1. The van der Waals surface area contributed by atoms with Crippen LogP contribution in [0.4, 0.5) is 0 Å². The van der Waals surface area contributed by atoms with Crippen LogP contribution in [0.3, 0.4) is 0 Å². The van der Waals surface area contributed by atoms with Crippen LogP contribution in [-0.4, -0.2) is 63.1 Å². The van der Waals surface area contributed by atoms with Crippen LogP contribution in [0.25, 0.3) is 0 Å². The first-order chi connectivity index (χ1) is 12.0. The lowest BCUT2D eigenvalue weighted by molar-refractivity contribution is -0.138. The van der Waals surface area contributed by atoms with Gasteiger partial charge in [0.05, 0.1) is 26.3 Å². The summed E-state index contributed by atoms with van der Waals surface area (Å²) in [5.74, 6) is -0.501. The van der Waals surface area contributed by atoms with Crippen LogP contribution in [-0.2, 0) is 14.3 Å². The van der Waals surface area contributed by atoms with Crippen LogP contribution < -0.4 is 14.8 Å². The van der Waals surface area contributed by atoms with Crippen molar-refractivity contribution in [1.82, 2.24) is 10.2 Å². The van der Waals surface area contributed by atoms with E-state index in [-0.39, 0.29) is 18.0 Å². The molecule has 0 atom stereocenters. The molecule has 25 heavy (non-hydrogen) atoms. The van der Waals surface area contributed by atoms with E-state index in [1.165, 1.54) is 31.3 Å². The van der Waals surface area contributed by atoms with Gasteiger partial charge in [0.25, 0.3) is 5.91 Å². The molecule has 0 aliphatic heterocycles. The van der Waals surface area contributed by atoms with Gasteiger partial charge in [-0.3, -0.25) is 9.59 Å². The quantitative estimate of drug-likeness (QED) is 0.662. The summed E-state index contributed by atoms with van der Waals surface area (Å²) < 4.78 is 15.2. The van der Waals surface area contributed by atoms with Crippen LogP contribution in [0.1, 0.15) is 24.2 Å². The first kappa shape index (κ1) is 20.3. The first-order valence-electron chi connectivity index (χ1n) is 7.90. The molecule has 0 saturated heterocycles. The Labute approximate surface area is 147 Å². The summed E-state index contributed by atoms with van der Waals surface area (Å²) in [6.07, 6.45) is 0. The smallest absolute Gasteiger partial charge is 0.338 e. The van der Waals surface area contributed by atoms with Gasteiger partial charge in [0.2, 0.25) is 5.91 Å². The van der Waals surface area contributed by atoms with Gasteiger partial charge in [-0.05, 0) is 32.0 Å². The molecule has 1 aromatic rings. The Morgan fingerprint density at radius 1 is 1.08 bits per heavy atom. The topological polar surface area (TPSA) is 94.2 Å². The molecule has 8 nitrogen and oxygen atoms in total. The van der Waals surface area contributed by atoms with Crippen molar-refractivity contribution < 1.29 is 28.6 Å². The molecular formula is C17H24N2O6. The average Bonchev–Trinajstić information content (AvgIpc) is 2.63. The van der Waals surface area contributed by atoms with Gasteiger partial charge in [0, 0.05) is 13.1 Å². The number of methoxy groups -OCH3 is 2. The zero-order chi connectivity index (χ0) is 18.8. The molecule has 8 heteroatoms. The third-order valence-electron chi connectivity index (χ3n) is 3.39. The second-order valence-corrected chi connectivity index (χ2v) is 5.01. The maximum atomic E-state index is 12.1. The SMILES string of the molecule is CCNC(=O)CN(CC)C(=O)COC(=O)c1ccc(OC)c(OC)c1.